The zero-order valence-corrected chi connectivity index (χ0v) is 18.2. The Morgan fingerprint density at radius 1 is 1.27 bits per heavy atom. The van der Waals surface area contributed by atoms with Gasteiger partial charge in [0, 0.05) is 39.8 Å². The van der Waals surface area contributed by atoms with Gasteiger partial charge >= 0.3 is 0 Å². The van der Waals surface area contributed by atoms with Gasteiger partial charge in [-0.05, 0) is 38.3 Å². The molecule has 2 aliphatic rings. The second-order valence-electron chi connectivity index (χ2n) is 8.53. The average Bonchev–Trinajstić information content (AvgIpc) is 3.36. The maximum atomic E-state index is 14.1. The fraction of sp³-hybridized carbons (Fsp3) is 0.636. The number of carbonyl (C=O) groups is 1. The smallest absolute Gasteiger partial charge is 0.230 e. The predicted octanol–water partition coefficient (Wildman–Crippen LogP) is 2.75. The molecule has 1 unspecified atom stereocenters. The van der Waals surface area contributed by atoms with Crippen molar-refractivity contribution >= 4 is 17.6 Å². The number of amides is 1. The lowest BCUT2D eigenvalue weighted by molar-refractivity contribution is -0.138. The van der Waals surface area contributed by atoms with Crippen LogP contribution in [0.25, 0.3) is 0 Å². The zero-order valence-electron chi connectivity index (χ0n) is 18.2. The summed E-state index contributed by atoms with van der Waals surface area (Å²) < 4.78 is 28.2. The van der Waals surface area contributed by atoms with Crippen LogP contribution in [0.1, 0.15) is 39.0 Å². The highest BCUT2D eigenvalue weighted by molar-refractivity contribution is 5.84. The van der Waals surface area contributed by atoms with Gasteiger partial charge in [-0.15, -0.1) is 0 Å². The van der Waals surface area contributed by atoms with E-state index in [0.717, 1.165) is 32.1 Å². The minimum absolute atomic E-state index is 0.0193. The van der Waals surface area contributed by atoms with E-state index in [1.807, 2.05) is 6.92 Å². The van der Waals surface area contributed by atoms with Crippen LogP contribution in [0.5, 0.6) is 0 Å². The highest BCUT2D eigenvalue weighted by atomic mass is 19.1. The third-order valence-corrected chi connectivity index (χ3v) is 6.09. The molecule has 1 saturated carbocycles. The topological polar surface area (TPSA) is 60.0 Å². The normalized spacial score (nSPS) is 21.0. The summed E-state index contributed by atoms with van der Waals surface area (Å²) in [6, 6.07) is 3.97. The Bertz CT molecular complexity index is 757. The Balaban J connectivity index is 1.68. The van der Waals surface area contributed by atoms with Crippen LogP contribution in [0, 0.1) is 17.0 Å². The first-order valence-electron chi connectivity index (χ1n) is 10.8. The molecule has 1 aromatic rings. The summed E-state index contributed by atoms with van der Waals surface area (Å²) in [6.45, 7) is 4.18. The predicted molar refractivity (Wildman–Crippen MR) is 116 cm³/mol. The van der Waals surface area contributed by atoms with Gasteiger partial charge in [-0.25, -0.2) is 8.78 Å². The summed E-state index contributed by atoms with van der Waals surface area (Å²) in [4.78, 5) is 20.9. The molecule has 3 rings (SSSR count). The molecule has 0 aromatic heterocycles. The van der Waals surface area contributed by atoms with Crippen molar-refractivity contribution in [2.24, 2.45) is 10.4 Å². The van der Waals surface area contributed by atoms with Crippen LogP contribution in [-0.4, -0.2) is 63.1 Å². The minimum Gasteiger partial charge on any atom is -0.365 e. The van der Waals surface area contributed by atoms with Crippen molar-refractivity contribution in [2.45, 2.75) is 45.1 Å². The molecule has 6 nitrogen and oxygen atoms in total. The molecule has 166 valence electrons. The third-order valence-electron chi connectivity index (χ3n) is 6.09. The van der Waals surface area contributed by atoms with Gasteiger partial charge in [0.05, 0.1) is 12.0 Å². The highest BCUT2D eigenvalue weighted by Gasteiger charge is 2.42. The lowest BCUT2D eigenvalue weighted by Gasteiger charge is -2.29. The molecule has 8 heteroatoms. The van der Waals surface area contributed by atoms with E-state index in [9.17, 15) is 13.6 Å². The molecular weight excluding hydrogens is 388 g/mol. The largest absolute Gasteiger partial charge is 0.365 e. The Hall–Kier alpha value is -2.38. The van der Waals surface area contributed by atoms with E-state index in [1.54, 1.807) is 23.9 Å². The van der Waals surface area contributed by atoms with E-state index in [1.165, 1.54) is 18.2 Å². The number of hydrogen-bond acceptors (Lipinski definition) is 3. The summed E-state index contributed by atoms with van der Waals surface area (Å²) in [6.07, 6.45) is 4.56. The van der Waals surface area contributed by atoms with E-state index in [-0.39, 0.29) is 17.6 Å². The van der Waals surface area contributed by atoms with Gasteiger partial charge in [-0.3, -0.25) is 9.79 Å². The van der Waals surface area contributed by atoms with Crippen LogP contribution in [0.3, 0.4) is 0 Å². The molecule has 2 fully saturated rings. The number of nitrogens with zero attached hydrogens (tertiary/aromatic N) is 3. The van der Waals surface area contributed by atoms with E-state index in [4.69, 9.17) is 4.99 Å². The number of carbonyl (C=O) groups excluding carboxylic acids is 1. The number of guanidine groups is 1. The van der Waals surface area contributed by atoms with Crippen LogP contribution < -0.4 is 15.5 Å². The van der Waals surface area contributed by atoms with Gasteiger partial charge in [0.1, 0.15) is 17.3 Å². The average molecular weight is 422 g/mol. The second-order valence-corrected chi connectivity index (χ2v) is 8.53. The summed E-state index contributed by atoms with van der Waals surface area (Å²) in [7, 11) is 3.59. The van der Waals surface area contributed by atoms with Crippen LogP contribution in [0.4, 0.5) is 14.5 Å². The van der Waals surface area contributed by atoms with E-state index in [2.05, 4.69) is 10.6 Å². The number of para-hydroxylation sites is 1. The van der Waals surface area contributed by atoms with Crippen molar-refractivity contribution in [1.29, 1.82) is 0 Å². The standard InChI is InChI=1S/C22H33F2N5O/c1-4-25-21(26-15-22(11-5-6-12-22)20(30)28(2)3)27-16-10-13-29(14-16)19-17(23)8-7-9-18(19)24/h7-9,16H,4-6,10-15H2,1-3H3,(H2,25,26,27). The summed E-state index contributed by atoms with van der Waals surface area (Å²) in [5.41, 5.74) is -0.394. The monoisotopic (exact) mass is 421 g/mol. The molecule has 30 heavy (non-hydrogen) atoms. The number of rotatable bonds is 6. The summed E-state index contributed by atoms with van der Waals surface area (Å²) in [5.74, 6) is -0.291. The van der Waals surface area contributed by atoms with Gasteiger partial charge in [-0.2, -0.15) is 0 Å². The molecule has 1 amide bonds. The van der Waals surface area contributed by atoms with Crippen LogP contribution in [0.2, 0.25) is 0 Å². The van der Waals surface area contributed by atoms with Gasteiger partial charge in [0.25, 0.3) is 0 Å². The van der Waals surface area contributed by atoms with Crippen molar-refractivity contribution < 1.29 is 13.6 Å². The lowest BCUT2D eigenvalue weighted by atomic mass is 9.85. The SMILES string of the molecule is CCNC(=NCC1(C(=O)N(C)C)CCCC1)NC1CCN(c2c(F)cccc2F)C1. The summed E-state index contributed by atoms with van der Waals surface area (Å²) >= 11 is 0. The molecule has 2 N–H and O–H groups in total. The molecule has 1 heterocycles. The van der Waals surface area contributed by atoms with E-state index >= 15 is 0 Å². The van der Waals surface area contributed by atoms with Crippen LogP contribution >= 0.6 is 0 Å². The molecule has 1 aliphatic carbocycles. The van der Waals surface area contributed by atoms with Crippen molar-refractivity contribution in [3.8, 4) is 0 Å². The summed E-state index contributed by atoms with van der Waals surface area (Å²) in [5, 5.41) is 6.64. The van der Waals surface area contributed by atoms with Crippen molar-refractivity contribution in [2.75, 3.05) is 45.2 Å². The van der Waals surface area contributed by atoms with Gasteiger partial charge in [-0.1, -0.05) is 18.9 Å². The molecule has 1 atom stereocenters. The number of halogens is 2. The molecule has 1 saturated heterocycles. The fourth-order valence-corrected chi connectivity index (χ4v) is 4.58. The first-order chi connectivity index (χ1) is 14.4. The van der Waals surface area contributed by atoms with Crippen molar-refractivity contribution in [1.82, 2.24) is 15.5 Å². The molecule has 0 spiro atoms. The molecule has 0 radical (unpaired) electrons. The Kier molecular flexibility index (Phi) is 7.15. The Labute approximate surface area is 177 Å². The number of hydrogen-bond donors (Lipinski definition) is 2. The van der Waals surface area contributed by atoms with Gasteiger partial charge in [0.15, 0.2) is 5.96 Å². The molecular formula is C22H33F2N5O. The number of aliphatic imine (C=N–C) groups is 1. The van der Waals surface area contributed by atoms with Crippen LogP contribution in [-0.2, 0) is 4.79 Å². The van der Waals surface area contributed by atoms with E-state index in [0.29, 0.717) is 32.1 Å². The minimum atomic E-state index is -0.540. The maximum absolute atomic E-state index is 14.1. The Morgan fingerprint density at radius 3 is 2.53 bits per heavy atom. The Morgan fingerprint density at radius 2 is 1.93 bits per heavy atom. The zero-order chi connectivity index (χ0) is 21.7. The maximum Gasteiger partial charge on any atom is 0.230 e. The third kappa shape index (κ3) is 4.84. The number of nitrogens with one attached hydrogen (secondary N) is 2. The highest BCUT2D eigenvalue weighted by Crippen LogP contribution is 2.39. The molecule has 1 aliphatic heterocycles. The molecule has 0 bridgehead atoms. The number of anilines is 1. The van der Waals surface area contributed by atoms with Gasteiger partial charge < -0.3 is 20.4 Å². The fourth-order valence-electron chi connectivity index (χ4n) is 4.58. The van der Waals surface area contributed by atoms with Crippen molar-refractivity contribution in [3.05, 3.63) is 29.8 Å². The molecule has 1 aromatic carbocycles. The number of benzene rings is 1. The van der Waals surface area contributed by atoms with E-state index < -0.39 is 17.0 Å². The quantitative estimate of drug-likeness (QED) is 0.548. The first-order valence-corrected chi connectivity index (χ1v) is 10.8. The van der Waals surface area contributed by atoms with Gasteiger partial charge in [0.2, 0.25) is 5.91 Å². The van der Waals surface area contributed by atoms with Crippen LogP contribution in [0.15, 0.2) is 23.2 Å². The lowest BCUT2D eigenvalue weighted by Crippen LogP contribution is -2.46. The van der Waals surface area contributed by atoms with Crippen molar-refractivity contribution in [3.63, 3.8) is 0 Å². The first kappa shape index (κ1) is 22.3. The second kappa shape index (κ2) is 9.62.